The molecular weight excluding hydrogens is 394 g/mol. The van der Waals surface area contributed by atoms with Crippen LogP contribution in [0.25, 0.3) is 0 Å². The molecule has 0 aromatic carbocycles. The molecule has 4 fully saturated rings. The third-order valence-electron chi connectivity index (χ3n) is 6.05. The van der Waals surface area contributed by atoms with Crippen molar-refractivity contribution < 1.29 is 38.1 Å². The minimum absolute atomic E-state index is 0.144. The number of carbonyl (C=O) groups excluding carboxylic acids is 1. The zero-order chi connectivity index (χ0) is 21.4. The van der Waals surface area contributed by atoms with Gasteiger partial charge < -0.3 is 28.4 Å². The highest BCUT2D eigenvalue weighted by Crippen LogP contribution is 2.45. The van der Waals surface area contributed by atoms with Crippen molar-refractivity contribution in [2.24, 2.45) is 5.92 Å². The monoisotopic (exact) mass is 429 g/mol. The predicted molar refractivity (Wildman–Crippen MR) is 105 cm³/mol. The van der Waals surface area contributed by atoms with Crippen molar-refractivity contribution in [2.75, 3.05) is 52.9 Å². The van der Waals surface area contributed by atoms with Crippen molar-refractivity contribution in [2.45, 2.75) is 69.6 Å². The molecule has 4 aliphatic heterocycles. The van der Waals surface area contributed by atoms with Crippen LogP contribution in [-0.4, -0.2) is 99.4 Å². The van der Waals surface area contributed by atoms with Gasteiger partial charge in [0.1, 0.15) is 31.0 Å². The number of carbonyl (C=O) groups is 1. The fraction of sp³-hybridized carbons (Fsp3) is 0.952. The molecule has 9 nitrogen and oxygen atoms in total. The summed E-state index contributed by atoms with van der Waals surface area (Å²) in [5, 5.41) is 1.95. The Morgan fingerprint density at radius 3 is 2.20 bits per heavy atom. The zero-order valence-corrected chi connectivity index (χ0v) is 18.5. The Labute approximate surface area is 178 Å². The van der Waals surface area contributed by atoms with Crippen LogP contribution in [0.15, 0.2) is 0 Å². The Kier molecular flexibility index (Phi) is 6.70. The van der Waals surface area contributed by atoms with E-state index in [-0.39, 0.29) is 48.4 Å². The first kappa shape index (κ1) is 22.4. The molecule has 9 heteroatoms. The first-order chi connectivity index (χ1) is 14.3. The molecule has 4 aliphatic rings. The number of hydroxylamine groups is 2. The number of epoxide rings is 3. The summed E-state index contributed by atoms with van der Waals surface area (Å²) < 4.78 is 32.8. The molecule has 30 heavy (non-hydrogen) atoms. The summed E-state index contributed by atoms with van der Waals surface area (Å²) in [5.41, 5.74) is -0.776. The number of hydrogen-bond acceptors (Lipinski definition) is 9. The van der Waals surface area contributed by atoms with Crippen LogP contribution in [0.3, 0.4) is 0 Å². The van der Waals surface area contributed by atoms with Crippen molar-refractivity contribution in [3.05, 3.63) is 0 Å². The molecular formula is C21H35NO8. The highest BCUT2D eigenvalue weighted by Gasteiger charge is 2.56. The fourth-order valence-corrected chi connectivity index (χ4v) is 4.11. The molecule has 4 rings (SSSR count). The van der Waals surface area contributed by atoms with Crippen LogP contribution in [0.4, 0.5) is 0 Å². The normalized spacial score (nSPS) is 34.5. The molecule has 0 spiro atoms. The number of esters is 1. The maximum Gasteiger partial charge on any atom is 0.311 e. The van der Waals surface area contributed by atoms with E-state index in [1.807, 2.05) is 18.9 Å². The fourth-order valence-electron chi connectivity index (χ4n) is 4.11. The SMILES string of the molecule is CC1(C)CC(C(=O)OCC(COCC2CO2)OCC2CO2)C(C)(C)N1OCC1CO1. The highest BCUT2D eigenvalue weighted by atomic mass is 16.7. The van der Waals surface area contributed by atoms with Crippen molar-refractivity contribution >= 4 is 5.97 Å². The second-order valence-corrected chi connectivity index (χ2v) is 9.80. The number of hydrogen-bond donors (Lipinski definition) is 0. The van der Waals surface area contributed by atoms with Gasteiger partial charge in [-0.1, -0.05) is 0 Å². The molecule has 4 heterocycles. The summed E-state index contributed by atoms with van der Waals surface area (Å²) in [6.45, 7) is 12.5. The van der Waals surface area contributed by atoms with E-state index in [1.165, 1.54) is 0 Å². The van der Waals surface area contributed by atoms with Crippen molar-refractivity contribution in [1.82, 2.24) is 5.06 Å². The van der Waals surface area contributed by atoms with E-state index in [9.17, 15) is 4.79 Å². The molecule has 0 radical (unpaired) electrons. The Bertz CT molecular complexity index is 600. The van der Waals surface area contributed by atoms with Crippen LogP contribution >= 0.6 is 0 Å². The van der Waals surface area contributed by atoms with Crippen LogP contribution in [0.2, 0.25) is 0 Å². The van der Waals surface area contributed by atoms with Gasteiger partial charge in [0.25, 0.3) is 0 Å². The van der Waals surface area contributed by atoms with Crippen molar-refractivity contribution in [3.63, 3.8) is 0 Å². The van der Waals surface area contributed by atoms with Gasteiger partial charge in [0.05, 0.1) is 57.7 Å². The number of nitrogens with zero attached hydrogens (tertiary/aromatic N) is 1. The Hall–Kier alpha value is -0.810. The van der Waals surface area contributed by atoms with Crippen molar-refractivity contribution in [3.8, 4) is 0 Å². The molecule has 0 bridgehead atoms. The maximum atomic E-state index is 13.0. The Morgan fingerprint density at radius 1 is 0.967 bits per heavy atom. The number of rotatable bonds is 13. The van der Waals surface area contributed by atoms with Crippen LogP contribution < -0.4 is 0 Å². The highest BCUT2D eigenvalue weighted by molar-refractivity contribution is 5.74. The molecule has 4 saturated heterocycles. The van der Waals surface area contributed by atoms with Gasteiger partial charge in [-0.2, -0.15) is 5.06 Å². The molecule has 0 saturated carbocycles. The summed E-state index contributed by atoms with van der Waals surface area (Å²) in [6, 6.07) is 0. The average molecular weight is 430 g/mol. The van der Waals surface area contributed by atoms with E-state index in [0.29, 0.717) is 32.8 Å². The summed E-state index contributed by atoms with van der Waals surface area (Å²) in [4.78, 5) is 19.1. The van der Waals surface area contributed by atoms with Gasteiger partial charge in [-0.25, -0.2) is 0 Å². The van der Waals surface area contributed by atoms with Crippen LogP contribution in [0.1, 0.15) is 34.1 Å². The lowest BCUT2D eigenvalue weighted by Gasteiger charge is -2.39. The summed E-state index contributed by atoms with van der Waals surface area (Å²) in [7, 11) is 0. The van der Waals surface area contributed by atoms with E-state index in [0.717, 1.165) is 19.8 Å². The van der Waals surface area contributed by atoms with Gasteiger partial charge in [-0.05, 0) is 34.1 Å². The maximum absolute atomic E-state index is 13.0. The van der Waals surface area contributed by atoms with Gasteiger partial charge in [0.15, 0.2) is 0 Å². The summed E-state index contributed by atoms with van der Waals surface area (Å²) >= 11 is 0. The molecule has 0 N–H and O–H groups in total. The second kappa shape index (κ2) is 8.97. The van der Waals surface area contributed by atoms with Crippen LogP contribution in [0, 0.1) is 5.92 Å². The Balaban J connectivity index is 1.28. The minimum atomic E-state index is -0.493. The van der Waals surface area contributed by atoms with E-state index in [4.69, 9.17) is 33.3 Å². The van der Waals surface area contributed by atoms with Gasteiger partial charge in [-0.3, -0.25) is 9.63 Å². The molecule has 0 amide bonds. The van der Waals surface area contributed by atoms with E-state index < -0.39 is 5.54 Å². The van der Waals surface area contributed by atoms with Crippen LogP contribution in [-0.2, 0) is 38.1 Å². The molecule has 0 aromatic rings. The van der Waals surface area contributed by atoms with Gasteiger partial charge in [0, 0.05) is 5.54 Å². The lowest BCUT2D eigenvalue weighted by atomic mass is 9.87. The minimum Gasteiger partial charge on any atom is -0.463 e. The lowest BCUT2D eigenvalue weighted by Crippen LogP contribution is -2.51. The third kappa shape index (κ3) is 5.91. The van der Waals surface area contributed by atoms with E-state index in [2.05, 4.69) is 13.8 Å². The standard InChI is InChI=1S/C21H35NO8/c1-20(2)5-18(21(3,4)22(20)30-13-17-11-28-17)19(23)29-12-15(26-9-16-10-27-16)7-24-6-14-8-25-14/h14-18H,5-13H2,1-4H3. The molecule has 172 valence electrons. The smallest absolute Gasteiger partial charge is 0.311 e. The molecule has 5 atom stereocenters. The largest absolute Gasteiger partial charge is 0.463 e. The zero-order valence-electron chi connectivity index (χ0n) is 18.5. The van der Waals surface area contributed by atoms with Crippen molar-refractivity contribution in [1.29, 1.82) is 0 Å². The van der Waals surface area contributed by atoms with Crippen LogP contribution in [0.5, 0.6) is 0 Å². The second-order valence-electron chi connectivity index (χ2n) is 9.80. The topological polar surface area (TPSA) is 94.8 Å². The van der Waals surface area contributed by atoms with Gasteiger partial charge in [-0.15, -0.1) is 0 Å². The number of ether oxygens (including phenoxy) is 6. The first-order valence-electron chi connectivity index (χ1n) is 10.9. The van der Waals surface area contributed by atoms with Gasteiger partial charge in [0.2, 0.25) is 0 Å². The molecule has 5 unspecified atom stereocenters. The molecule has 0 aliphatic carbocycles. The average Bonchev–Trinajstić information content (AvgIpc) is 3.52. The summed E-state index contributed by atoms with van der Waals surface area (Å²) in [6.07, 6.45) is 0.825. The van der Waals surface area contributed by atoms with Gasteiger partial charge >= 0.3 is 5.97 Å². The molecule has 0 aromatic heterocycles. The Morgan fingerprint density at radius 2 is 1.57 bits per heavy atom. The van der Waals surface area contributed by atoms with E-state index >= 15 is 0 Å². The predicted octanol–water partition coefficient (Wildman–Crippen LogP) is 0.939. The van der Waals surface area contributed by atoms with E-state index in [1.54, 1.807) is 0 Å². The lowest BCUT2D eigenvalue weighted by molar-refractivity contribution is -0.246. The summed E-state index contributed by atoms with van der Waals surface area (Å²) in [5.74, 6) is -0.538. The quantitative estimate of drug-likeness (QED) is 0.313. The third-order valence-corrected chi connectivity index (χ3v) is 6.05. The first-order valence-corrected chi connectivity index (χ1v) is 10.9.